The molecule has 3 aromatic heterocycles. The first-order chi connectivity index (χ1) is 19.6. The molecule has 1 aromatic carbocycles. The average molecular weight is 557 g/mol. The zero-order valence-corrected chi connectivity index (χ0v) is 24.0. The van der Waals surface area contributed by atoms with Crippen LogP contribution in [-0.4, -0.2) is 66.5 Å². The monoisotopic (exact) mass is 556 g/mol. The van der Waals surface area contributed by atoms with E-state index >= 15 is 0 Å². The minimum atomic E-state index is -0.109. The van der Waals surface area contributed by atoms with Crippen LogP contribution in [0.1, 0.15) is 34.5 Å². The SMILES string of the molecule is C1COCCN1.CSc1cc(C(=O)NCc2cc3nc(-c4cccc(N5CCCC5)n4)ccc3cn2)ccc1C. The zero-order chi connectivity index (χ0) is 27.7. The molecule has 2 fully saturated rings. The number of fused-ring (bicyclic) bond motifs is 1. The third-order valence-electron chi connectivity index (χ3n) is 7.00. The number of pyridine rings is 3. The summed E-state index contributed by atoms with van der Waals surface area (Å²) in [5.41, 5.74) is 5.12. The fourth-order valence-electron chi connectivity index (χ4n) is 4.74. The van der Waals surface area contributed by atoms with Gasteiger partial charge in [0.1, 0.15) is 5.82 Å². The zero-order valence-electron chi connectivity index (χ0n) is 23.2. The molecule has 0 bridgehead atoms. The minimum Gasteiger partial charge on any atom is -0.379 e. The molecule has 0 spiro atoms. The highest BCUT2D eigenvalue weighted by Gasteiger charge is 2.15. The van der Waals surface area contributed by atoms with E-state index in [9.17, 15) is 4.79 Å². The Morgan fingerprint density at radius 2 is 1.82 bits per heavy atom. The second-order valence-corrected chi connectivity index (χ2v) is 10.7. The molecule has 4 aromatic rings. The Morgan fingerprint density at radius 1 is 1.02 bits per heavy atom. The third kappa shape index (κ3) is 7.15. The molecule has 0 aliphatic carbocycles. The molecule has 40 heavy (non-hydrogen) atoms. The first-order valence-corrected chi connectivity index (χ1v) is 15.0. The minimum absolute atomic E-state index is 0.109. The number of nitrogens with one attached hydrogen (secondary N) is 2. The number of hydrogen-bond donors (Lipinski definition) is 2. The lowest BCUT2D eigenvalue weighted by molar-refractivity contribution is 0.0950. The molecule has 0 atom stereocenters. The Kier molecular flexibility index (Phi) is 9.59. The Bertz CT molecular complexity index is 1440. The van der Waals surface area contributed by atoms with Crippen LogP contribution in [0.25, 0.3) is 22.3 Å². The number of ether oxygens (including phenoxy) is 1. The molecule has 6 rings (SSSR count). The van der Waals surface area contributed by atoms with Crippen LogP contribution >= 0.6 is 11.8 Å². The number of aromatic nitrogens is 3. The van der Waals surface area contributed by atoms with Gasteiger partial charge in [0.2, 0.25) is 0 Å². The molecule has 0 unspecified atom stereocenters. The van der Waals surface area contributed by atoms with Gasteiger partial charge in [-0.3, -0.25) is 9.78 Å². The van der Waals surface area contributed by atoms with E-state index < -0.39 is 0 Å². The van der Waals surface area contributed by atoms with Crippen molar-refractivity contribution in [2.45, 2.75) is 31.2 Å². The maximum Gasteiger partial charge on any atom is 0.251 e. The van der Waals surface area contributed by atoms with Gasteiger partial charge in [0, 0.05) is 48.2 Å². The maximum atomic E-state index is 12.7. The quantitative estimate of drug-likeness (QED) is 0.326. The lowest BCUT2D eigenvalue weighted by Gasteiger charge is -2.16. The number of hydrogen-bond acceptors (Lipinski definition) is 8. The van der Waals surface area contributed by atoms with Gasteiger partial charge in [-0.1, -0.05) is 12.1 Å². The van der Waals surface area contributed by atoms with E-state index in [0.717, 1.165) is 78.1 Å². The van der Waals surface area contributed by atoms with Gasteiger partial charge in [-0.15, -0.1) is 11.8 Å². The fraction of sp³-hybridized carbons (Fsp3) is 0.355. The van der Waals surface area contributed by atoms with Crippen molar-refractivity contribution in [3.05, 3.63) is 77.6 Å². The first kappa shape index (κ1) is 28.0. The third-order valence-corrected chi connectivity index (χ3v) is 7.88. The molecule has 2 aliphatic heterocycles. The van der Waals surface area contributed by atoms with E-state index in [1.54, 1.807) is 18.0 Å². The lowest BCUT2D eigenvalue weighted by atomic mass is 10.1. The van der Waals surface area contributed by atoms with Gasteiger partial charge < -0.3 is 20.3 Å². The van der Waals surface area contributed by atoms with Gasteiger partial charge in [0.05, 0.1) is 42.4 Å². The molecule has 0 radical (unpaired) electrons. The molecular formula is C31H36N6O2S. The summed E-state index contributed by atoms with van der Waals surface area (Å²) in [6, 6.07) is 17.8. The Hall–Kier alpha value is -3.53. The molecular weight excluding hydrogens is 520 g/mol. The molecule has 0 saturated carbocycles. The van der Waals surface area contributed by atoms with Crippen LogP contribution in [0, 0.1) is 6.92 Å². The van der Waals surface area contributed by atoms with Crippen molar-refractivity contribution in [2.24, 2.45) is 0 Å². The van der Waals surface area contributed by atoms with Crippen LogP contribution in [0.15, 0.2) is 65.7 Å². The molecule has 5 heterocycles. The fourth-order valence-corrected chi connectivity index (χ4v) is 5.37. The van der Waals surface area contributed by atoms with E-state index in [1.807, 2.05) is 61.7 Å². The number of carbonyl (C=O) groups excluding carboxylic acids is 1. The van der Waals surface area contributed by atoms with Gasteiger partial charge in [-0.2, -0.15) is 0 Å². The van der Waals surface area contributed by atoms with E-state index in [0.29, 0.717) is 12.1 Å². The van der Waals surface area contributed by atoms with Crippen LogP contribution in [0.3, 0.4) is 0 Å². The molecule has 208 valence electrons. The summed E-state index contributed by atoms with van der Waals surface area (Å²) in [6.07, 6.45) is 6.26. The van der Waals surface area contributed by atoms with Crippen LogP contribution in [0.5, 0.6) is 0 Å². The van der Waals surface area contributed by atoms with Crippen molar-refractivity contribution >= 4 is 34.4 Å². The Labute approximate surface area is 240 Å². The number of thioether (sulfide) groups is 1. The van der Waals surface area contributed by atoms with Gasteiger partial charge in [-0.25, -0.2) is 9.97 Å². The summed E-state index contributed by atoms with van der Waals surface area (Å²) in [6.45, 7) is 8.34. The Morgan fingerprint density at radius 3 is 2.55 bits per heavy atom. The summed E-state index contributed by atoms with van der Waals surface area (Å²) >= 11 is 1.64. The first-order valence-electron chi connectivity index (χ1n) is 13.8. The normalized spacial score (nSPS) is 15.0. The van der Waals surface area contributed by atoms with Crippen molar-refractivity contribution in [2.75, 3.05) is 50.5 Å². The summed E-state index contributed by atoms with van der Waals surface area (Å²) < 4.78 is 5.01. The highest BCUT2D eigenvalue weighted by Crippen LogP contribution is 2.24. The van der Waals surface area contributed by atoms with E-state index in [2.05, 4.69) is 26.6 Å². The molecule has 2 saturated heterocycles. The lowest BCUT2D eigenvalue weighted by Crippen LogP contribution is -2.30. The second-order valence-electron chi connectivity index (χ2n) is 9.87. The number of anilines is 1. The van der Waals surface area contributed by atoms with Crippen LogP contribution in [0.2, 0.25) is 0 Å². The summed E-state index contributed by atoms with van der Waals surface area (Å²) in [7, 11) is 0. The summed E-state index contributed by atoms with van der Waals surface area (Å²) in [5.74, 6) is 0.901. The van der Waals surface area contributed by atoms with Crippen LogP contribution in [0.4, 0.5) is 5.82 Å². The van der Waals surface area contributed by atoms with Gasteiger partial charge in [-0.05, 0) is 74.0 Å². The number of nitrogens with zero attached hydrogens (tertiary/aromatic N) is 4. The summed E-state index contributed by atoms with van der Waals surface area (Å²) in [4.78, 5) is 30.3. The smallest absolute Gasteiger partial charge is 0.251 e. The molecule has 1 amide bonds. The highest BCUT2D eigenvalue weighted by atomic mass is 32.2. The largest absolute Gasteiger partial charge is 0.379 e. The maximum absolute atomic E-state index is 12.7. The average Bonchev–Trinajstić information content (AvgIpc) is 3.56. The molecule has 2 N–H and O–H groups in total. The number of amides is 1. The number of carbonyl (C=O) groups is 1. The van der Waals surface area contributed by atoms with Crippen molar-refractivity contribution in [1.82, 2.24) is 25.6 Å². The molecule has 2 aliphatic rings. The molecule has 9 heteroatoms. The van der Waals surface area contributed by atoms with E-state index in [4.69, 9.17) is 14.7 Å². The van der Waals surface area contributed by atoms with Crippen LogP contribution in [-0.2, 0) is 11.3 Å². The van der Waals surface area contributed by atoms with Crippen LogP contribution < -0.4 is 15.5 Å². The second kappa shape index (κ2) is 13.7. The van der Waals surface area contributed by atoms with E-state index in [-0.39, 0.29) is 5.91 Å². The number of aryl methyl sites for hydroxylation is 1. The predicted octanol–water partition coefficient (Wildman–Crippen LogP) is 4.86. The molecule has 8 nitrogen and oxygen atoms in total. The van der Waals surface area contributed by atoms with Crippen molar-refractivity contribution in [1.29, 1.82) is 0 Å². The van der Waals surface area contributed by atoms with Gasteiger partial charge >= 0.3 is 0 Å². The van der Waals surface area contributed by atoms with Crippen molar-refractivity contribution in [3.8, 4) is 11.4 Å². The van der Waals surface area contributed by atoms with Crippen molar-refractivity contribution in [3.63, 3.8) is 0 Å². The number of benzene rings is 1. The van der Waals surface area contributed by atoms with Gasteiger partial charge in [0.25, 0.3) is 5.91 Å². The van der Waals surface area contributed by atoms with E-state index in [1.165, 1.54) is 18.4 Å². The predicted molar refractivity (Wildman–Crippen MR) is 162 cm³/mol. The highest BCUT2D eigenvalue weighted by molar-refractivity contribution is 7.98. The van der Waals surface area contributed by atoms with Gasteiger partial charge in [0.15, 0.2) is 0 Å². The number of morpholine rings is 1. The van der Waals surface area contributed by atoms with Crippen molar-refractivity contribution < 1.29 is 9.53 Å². The standard InChI is InChI=1S/C27H27N5OS.C4H9NO/c1-18-8-9-19(14-25(18)34-2)27(33)29-17-21-15-24-20(16-28-21)10-11-23(30-24)22-6-5-7-26(31-22)32-12-3-4-13-32;1-3-6-4-2-5-1/h5-11,14-16H,3-4,12-13,17H2,1-2H3,(H,29,33);5H,1-4H2. The number of rotatable bonds is 6. The Balaban J connectivity index is 0.000000477. The topological polar surface area (TPSA) is 92.3 Å². The summed E-state index contributed by atoms with van der Waals surface area (Å²) in [5, 5.41) is 7.10.